The van der Waals surface area contributed by atoms with Crippen molar-refractivity contribution in [1.82, 2.24) is 0 Å². The van der Waals surface area contributed by atoms with E-state index in [1.165, 1.54) is 19.1 Å². The Morgan fingerprint density at radius 1 is 1.62 bits per heavy atom. The predicted octanol–water partition coefficient (Wildman–Crippen LogP) is 2.94. The Hall–Kier alpha value is -0.970. The SMILES string of the molecule is Cc1cc([N+](=O)[O-])cc(CBr)c1F. The highest BCUT2D eigenvalue weighted by Crippen LogP contribution is 2.22. The Balaban J connectivity index is 3.30. The first kappa shape index (κ1) is 10.1. The lowest BCUT2D eigenvalue weighted by atomic mass is 10.1. The van der Waals surface area contributed by atoms with Gasteiger partial charge < -0.3 is 0 Å². The molecule has 0 fully saturated rings. The second-order valence-electron chi connectivity index (χ2n) is 2.63. The van der Waals surface area contributed by atoms with Crippen molar-refractivity contribution in [3.05, 3.63) is 39.2 Å². The van der Waals surface area contributed by atoms with Crippen LogP contribution < -0.4 is 0 Å². The molecule has 0 bridgehead atoms. The van der Waals surface area contributed by atoms with E-state index < -0.39 is 4.92 Å². The first-order chi connectivity index (χ1) is 6.06. The summed E-state index contributed by atoms with van der Waals surface area (Å²) in [5.41, 5.74) is 0.531. The smallest absolute Gasteiger partial charge is 0.258 e. The quantitative estimate of drug-likeness (QED) is 0.458. The highest BCUT2D eigenvalue weighted by molar-refractivity contribution is 9.08. The van der Waals surface area contributed by atoms with E-state index in [0.29, 0.717) is 11.1 Å². The molecule has 0 saturated carbocycles. The fourth-order valence-electron chi connectivity index (χ4n) is 1.02. The monoisotopic (exact) mass is 247 g/mol. The van der Waals surface area contributed by atoms with Crippen LogP contribution in [0.4, 0.5) is 10.1 Å². The van der Waals surface area contributed by atoms with E-state index in [1.54, 1.807) is 0 Å². The average Bonchev–Trinajstić information content (AvgIpc) is 2.09. The van der Waals surface area contributed by atoms with Crippen LogP contribution in [0.1, 0.15) is 11.1 Å². The van der Waals surface area contributed by atoms with Crippen molar-refractivity contribution < 1.29 is 9.31 Å². The number of alkyl halides is 1. The Morgan fingerprint density at radius 2 is 2.23 bits per heavy atom. The van der Waals surface area contributed by atoms with Gasteiger partial charge >= 0.3 is 0 Å². The molecule has 1 aromatic carbocycles. The van der Waals surface area contributed by atoms with E-state index in [2.05, 4.69) is 15.9 Å². The average molecular weight is 248 g/mol. The molecule has 0 amide bonds. The van der Waals surface area contributed by atoms with Gasteiger partial charge in [-0.2, -0.15) is 0 Å². The number of hydrogen-bond donors (Lipinski definition) is 0. The summed E-state index contributed by atoms with van der Waals surface area (Å²) in [4.78, 5) is 9.87. The van der Waals surface area contributed by atoms with Crippen LogP contribution in [-0.4, -0.2) is 4.92 Å². The van der Waals surface area contributed by atoms with Crippen molar-refractivity contribution in [2.24, 2.45) is 0 Å². The minimum atomic E-state index is -0.529. The van der Waals surface area contributed by atoms with Gasteiger partial charge in [-0.1, -0.05) is 15.9 Å². The summed E-state index contributed by atoms with van der Waals surface area (Å²) in [6.45, 7) is 1.51. The normalized spacial score (nSPS) is 10.1. The molecule has 0 heterocycles. The standard InChI is InChI=1S/C8H7BrFNO2/c1-5-2-7(11(12)13)3-6(4-9)8(5)10/h2-3H,4H2,1H3. The molecule has 13 heavy (non-hydrogen) atoms. The molecule has 0 radical (unpaired) electrons. The molecule has 3 nitrogen and oxygen atoms in total. The van der Waals surface area contributed by atoms with E-state index in [4.69, 9.17) is 0 Å². The van der Waals surface area contributed by atoms with Crippen LogP contribution in [-0.2, 0) is 5.33 Å². The van der Waals surface area contributed by atoms with Crippen molar-refractivity contribution in [3.8, 4) is 0 Å². The number of aryl methyl sites for hydroxylation is 1. The zero-order valence-electron chi connectivity index (χ0n) is 6.88. The van der Waals surface area contributed by atoms with Gasteiger partial charge in [0.15, 0.2) is 0 Å². The fourth-order valence-corrected chi connectivity index (χ4v) is 1.43. The predicted molar refractivity (Wildman–Crippen MR) is 50.4 cm³/mol. The van der Waals surface area contributed by atoms with E-state index in [0.717, 1.165) is 0 Å². The zero-order chi connectivity index (χ0) is 10.0. The molecule has 0 unspecified atom stereocenters. The van der Waals surface area contributed by atoms with Crippen LogP contribution >= 0.6 is 15.9 Å². The molecule has 70 valence electrons. The maximum Gasteiger partial charge on any atom is 0.270 e. The van der Waals surface area contributed by atoms with Gasteiger partial charge in [-0.05, 0) is 12.5 Å². The maximum absolute atomic E-state index is 13.2. The zero-order valence-corrected chi connectivity index (χ0v) is 8.47. The third kappa shape index (κ3) is 2.03. The summed E-state index contributed by atoms with van der Waals surface area (Å²) in [5.74, 6) is -0.387. The van der Waals surface area contributed by atoms with Crippen molar-refractivity contribution in [1.29, 1.82) is 0 Å². The summed E-state index contributed by atoms with van der Waals surface area (Å²) in [6, 6.07) is 2.46. The summed E-state index contributed by atoms with van der Waals surface area (Å²) in [5, 5.41) is 10.7. The third-order valence-electron chi connectivity index (χ3n) is 1.67. The second kappa shape index (κ2) is 3.83. The number of non-ortho nitro benzene ring substituents is 1. The molecular formula is C8H7BrFNO2. The van der Waals surface area contributed by atoms with Crippen LogP contribution in [0.3, 0.4) is 0 Å². The van der Waals surface area contributed by atoms with Gasteiger partial charge in [-0.25, -0.2) is 4.39 Å². The van der Waals surface area contributed by atoms with Gasteiger partial charge in [0, 0.05) is 23.0 Å². The van der Waals surface area contributed by atoms with Crippen molar-refractivity contribution in [2.75, 3.05) is 0 Å². The van der Waals surface area contributed by atoms with E-state index in [-0.39, 0.29) is 16.8 Å². The summed E-state index contributed by atoms with van der Waals surface area (Å²) in [6.07, 6.45) is 0. The number of halogens is 2. The number of nitro groups is 1. The van der Waals surface area contributed by atoms with Crippen LogP contribution in [0, 0.1) is 22.9 Å². The molecule has 0 aliphatic heterocycles. The van der Waals surface area contributed by atoms with Crippen LogP contribution in [0.15, 0.2) is 12.1 Å². The summed E-state index contributed by atoms with van der Waals surface area (Å²) < 4.78 is 13.2. The van der Waals surface area contributed by atoms with Crippen LogP contribution in [0.25, 0.3) is 0 Å². The van der Waals surface area contributed by atoms with Gasteiger partial charge in [0.05, 0.1) is 4.92 Å². The number of benzene rings is 1. The number of nitro benzene ring substituents is 1. The lowest BCUT2D eigenvalue weighted by Gasteiger charge is -2.01. The number of rotatable bonds is 2. The Kier molecular flexibility index (Phi) is 2.98. The highest BCUT2D eigenvalue weighted by Gasteiger charge is 2.12. The van der Waals surface area contributed by atoms with Crippen molar-refractivity contribution >= 4 is 21.6 Å². The first-order valence-corrected chi connectivity index (χ1v) is 4.67. The molecule has 0 spiro atoms. The highest BCUT2D eigenvalue weighted by atomic mass is 79.9. The first-order valence-electron chi connectivity index (χ1n) is 3.55. The van der Waals surface area contributed by atoms with Gasteiger partial charge in [-0.3, -0.25) is 10.1 Å². The van der Waals surface area contributed by atoms with Gasteiger partial charge in [0.1, 0.15) is 5.82 Å². The molecule has 0 aliphatic carbocycles. The van der Waals surface area contributed by atoms with Gasteiger partial charge in [0.2, 0.25) is 0 Å². The molecule has 1 rings (SSSR count). The second-order valence-corrected chi connectivity index (χ2v) is 3.19. The summed E-state index contributed by atoms with van der Waals surface area (Å²) >= 11 is 3.06. The molecule has 0 atom stereocenters. The maximum atomic E-state index is 13.2. The van der Waals surface area contributed by atoms with Crippen molar-refractivity contribution in [2.45, 2.75) is 12.3 Å². The molecule has 0 aliphatic rings. The molecule has 0 aromatic heterocycles. The Morgan fingerprint density at radius 3 is 2.69 bits per heavy atom. The van der Waals surface area contributed by atoms with E-state index in [9.17, 15) is 14.5 Å². The fraction of sp³-hybridized carbons (Fsp3) is 0.250. The van der Waals surface area contributed by atoms with E-state index in [1.807, 2.05) is 0 Å². The summed E-state index contributed by atoms with van der Waals surface area (Å²) in [7, 11) is 0. The van der Waals surface area contributed by atoms with Crippen LogP contribution in [0.5, 0.6) is 0 Å². The minimum Gasteiger partial charge on any atom is -0.258 e. The number of nitrogens with zero attached hydrogens (tertiary/aromatic N) is 1. The Labute approximate surface area is 82.8 Å². The minimum absolute atomic E-state index is 0.0756. The lowest BCUT2D eigenvalue weighted by molar-refractivity contribution is -0.385. The topological polar surface area (TPSA) is 43.1 Å². The Bertz CT molecular complexity index is 354. The third-order valence-corrected chi connectivity index (χ3v) is 2.27. The van der Waals surface area contributed by atoms with Gasteiger partial charge in [0.25, 0.3) is 5.69 Å². The largest absolute Gasteiger partial charge is 0.270 e. The van der Waals surface area contributed by atoms with Crippen molar-refractivity contribution in [3.63, 3.8) is 0 Å². The molecule has 5 heteroatoms. The lowest BCUT2D eigenvalue weighted by Crippen LogP contribution is -1.95. The van der Waals surface area contributed by atoms with Crippen LogP contribution in [0.2, 0.25) is 0 Å². The van der Waals surface area contributed by atoms with E-state index >= 15 is 0 Å². The molecule has 0 saturated heterocycles. The molecule has 1 aromatic rings. The number of hydrogen-bond acceptors (Lipinski definition) is 2. The molecular weight excluding hydrogens is 241 g/mol. The molecule has 0 N–H and O–H groups in total. The van der Waals surface area contributed by atoms with Gasteiger partial charge in [-0.15, -0.1) is 0 Å².